The average molecular weight is 438 g/mol. The Morgan fingerprint density at radius 3 is 2.61 bits per heavy atom. The van der Waals surface area contributed by atoms with Crippen molar-refractivity contribution in [2.75, 3.05) is 19.5 Å². The Balaban J connectivity index is 1.65. The van der Waals surface area contributed by atoms with Crippen LogP contribution in [0.3, 0.4) is 0 Å². The molecule has 4 aromatic rings. The Morgan fingerprint density at radius 2 is 1.90 bits per heavy atom. The fraction of sp³-hybridized carbons (Fsp3) is 0.136. The second kappa shape index (κ2) is 8.57. The van der Waals surface area contributed by atoms with Crippen molar-refractivity contribution in [1.29, 1.82) is 0 Å². The third kappa shape index (κ3) is 4.13. The number of halogens is 1. The van der Waals surface area contributed by atoms with Gasteiger partial charge in [0.25, 0.3) is 5.91 Å². The molecular formula is C22H19FN4O3S. The minimum Gasteiger partial charge on any atom is -0.493 e. The standard InChI is InChI=1S/C22H19FN4O3S/c1-13-11-19(25-21(28)16-5-4-6-18(29-2)20(16)30-3)27(26-13)22-24-17(12-31-22)14-7-9-15(23)10-8-14/h4-12H,1-3H3,(H,25,28). The lowest BCUT2D eigenvalue weighted by Crippen LogP contribution is -2.16. The zero-order valence-electron chi connectivity index (χ0n) is 17.0. The molecule has 7 nitrogen and oxygen atoms in total. The summed E-state index contributed by atoms with van der Waals surface area (Å²) in [6.45, 7) is 1.83. The number of para-hydroxylation sites is 1. The van der Waals surface area contributed by atoms with Gasteiger partial charge in [-0.05, 0) is 43.3 Å². The van der Waals surface area contributed by atoms with Crippen molar-refractivity contribution >= 4 is 23.1 Å². The number of thiazole rings is 1. The molecule has 9 heteroatoms. The first-order valence-corrected chi connectivity index (χ1v) is 10.2. The van der Waals surface area contributed by atoms with E-state index in [0.29, 0.717) is 39.4 Å². The summed E-state index contributed by atoms with van der Waals surface area (Å²) in [6.07, 6.45) is 0. The highest BCUT2D eigenvalue weighted by Gasteiger charge is 2.20. The Labute approximate surface area is 182 Å². The SMILES string of the molecule is COc1cccc(C(=O)Nc2cc(C)nn2-c2nc(-c3ccc(F)cc3)cs2)c1OC. The van der Waals surface area contributed by atoms with Crippen LogP contribution < -0.4 is 14.8 Å². The maximum atomic E-state index is 13.2. The van der Waals surface area contributed by atoms with Crippen molar-refractivity contribution in [3.63, 3.8) is 0 Å². The number of rotatable bonds is 6. The largest absolute Gasteiger partial charge is 0.493 e. The van der Waals surface area contributed by atoms with Crippen molar-refractivity contribution < 1.29 is 18.7 Å². The minimum atomic E-state index is -0.368. The average Bonchev–Trinajstić information content (AvgIpc) is 3.40. The Hall–Kier alpha value is -3.72. The minimum absolute atomic E-state index is 0.306. The topological polar surface area (TPSA) is 78.3 Å². The van der Waals surface area contributed by atoms with Gasteiger partial charge in [-0.3, -0.25) is 4.79 Å². The van der Waals surface area contributed by atoms with Gasteiger partial charge >= 0.3 is 0 Å². The predicted octanol–water partition coefficient (Wildman–Crippen LogP) is 4.71. The molecule has 0 saturated carbocycles. The number of aryl methyl sites for hydroxylation is 1. The van der Waals surface area contributed by atoms with Gasteiger partial charge in [0.1, 0.15) is 11.6 Å². The summed E-state index contributed by atoms with van der Waals surface area (Å²) in [4.78, 5) is 17.6. The maximum Gasteiger partial charge on any atom is 0.260 e. The highest BCUT2D eigenvalue weighted by atomic mass is 32.1. The molecule has 0 radical (unpaired) electrons. The van der Waals surface area contributed by atoms with Crippen LogP contribution >= 0.6 is 11.3 Å². The molecule has 1 amide bonds. The van der Waals surface area contributed by atoms with E-state index in [4.69, 9.17) is 9.47 Å². The van der Waals surface area contributed by atoms with Crippen molar-refractivity contribution in [1.82, 2.24) is 14.8 Å². The van der Waals surface area contributed by atoms with E-state index in [2.05, 4.69) is 15.4 Å². The zero-order chi connectivity index (χ0) is 22.0. The van der Waals surface area contributed by atoms with Crippen LogP contribution in [0.25, 0.3) is 16.4 Å². The number of nitrogens with one attached hydrogen (secondary N) is 1. The summed E-state index contributed by atoms with van der Waals surface area (Å²) in [5.74, 6) is 0.598. The van der Waals surface area contributed by atoms with Crippen LogP contribution in [-0.2, 0) is 0 Å². The molecule has 2 aromatic heterocycles. The van der Waals surface area contributed by atoms with Crippen LogP contribution in [0.4, 0.5) is 10.2 Å². The summed E-state index contributed by atoms with van der Waals surface area (Å²) in [6, 6.07) is 13.0. The van der Waals surface area contributed by atoms with Crippen LogP contribution in [0.5, 0.6) is 11.5 Å². The quantitative estimate of drug-likeness (QED) is 0.472. The number of hydrogen-bond donors (Lipinski definition) is 1. The maximum absolute atomic E-state index is 13.2. The second-order valence-corrected chi connectivity index (χ2v) is 7.44. The Bertz CT molecular complexity index is 1230. The Kier molecular flexibility index (Phi) is 5.68. The molecule has 1 N–H and O–H groups in total. The number of anilines is 1. The molecule has 0 aliphatic carbocycles. The smallest absolute Gasteiger partial charge is 0.260 e. The molecule has 2 aromatic carbocycles. The first-order chi connectivity index (χ1) is 15.0. The fourth-order valence-electron chi connectivity index (χ4n) is 3.10. The summed E-state index contributed by atoms with van der Waals surface area (Å²) in [5.41, 5.74) is 2.53. The van der Waals surface area contributed by atoms with Crippen LogP contribution in [0, 0.1) is 12.7 Å². The van der Waals surface area contributed by atoms with E-state index in [0.717, 1.165) is 5.56 Å². The van der Waals surface area contributed by atoms with E-state index in [1.165, 1.54) is 37.7 Å². The van der Waals surface area contributed by atoms with Crippen molar-refractivity contribution in [2.45, 2.75) is 6.92 Å². The molecule has 158 valence electrons. The van der Waals surface area contributed by atoms with Crippen LogP contribution in [-0.4, -0.2) is 34.9 Å². The molecule has 0 saturated heterocycles. The zero-order valence-corrected chi connectivity index (χ0v) is 17.9. The van der Waals surface area contributed by atoms with Gasteiger partial charge in [-0.25, -0.2) is 9.37 Å². The fourth-order valence-corrected chi connectivity index (χ4v) is 3.89. The van der Waals surface area contributed by atoms with Crippen molar-refractivity contribution in [3.05, 3.63) is 71.0 Å². The number of benzene rings is 2. The lowest BCUT2D eigenvalue weighted by molar-refractivity contribution is 0.102. The molecule has 0 spiro atoms. The molecule has 0 atom stereocenters. The van der Waals surface area contributed by atoms with E-state index in [1.807, 2.05) is 12.3 Å². The molecule has 0 bridgehead atoms. The number of ether oxygens (including phenoxy) is 2. The summed E-state index contributed by atoms with van der Waals surface area (Å²) in [7, 11) is 2.99. The van der Waals surface area contributed by atoms with E-state index >= 15 is 0 Å². The molecule has 2 heterocycles. The number of carbonyl (C=O) groups is 1. The lowest BCUT2D eigenvalue weighted by Gasteiger charge is -2.12. The molecule has 0 aliphatic rings. The van der Waals surface area contributed by atoms with E-state index in [-0.39, 0.29) is 11.7 Å². The molecular weight excluding hydrogens is 419 g/mol. The van der Waals surface area contributed by atoms with Gasteiger partial charge in [-0.2, -0.15) is 9.78 Å². The highest BCUT2D eigenvalue weighted by molar-refractivity contribution is 7.12. The van der Waals surface area contributed by atoms with Gasteiger partial charge in [0.2, 0.25) is 5.13 Å². The number of carbonyl (C=O) groups excluding carboxylic acids is 1. The molecule has 4 rings (SSSR count). The predicted molar refractivity (Wildman–Crippen MR) is 117 cm³/mol. The van der Waals surface area contributed by atoms with Crippen LogP contribution in [0.2, 0.25) is 0 Å². The summed E-state index contributed by atoms with van der Waals surface area (Å²) < 4.78 is 25.4. The van der Waals surface area contributed by atoms with E-state index < -0.39 is 0 Å². The van der Waals surface area contributed by atoms with Gasteiger partial charge in [0.15, 0.2) is 11.5 Å². The first kappa shape index (κ1) is 20.5. The van der Waals surface area contributed by atoms with Gasteiger partial charge in [0, 0.05) is 17.0 Å². The highest BCUT2D eigenvalue weighted by Crippen LogP contribution is 2.32. The van der Waals surface area contributed by atoms with Crippen LogP contribution in [0.15, 0.2) is 53.9 Å². The third-order valence-corrected chi connectivity index (χ3v) is 5.35. The second-order valence-electron chi connectivity index (χ2n) is 6.60. The molecule has 0 unspecified atom stereocenters. The van der Waals surface area contributed by atoms with Gasteiger partial charge in [0.05, 0.1) is 31.2 Å². The molecule has 0 aliphatic heterocycles. The summed E-state index contributed by atoms with van der Waals surface area (Å²) in [5, 5.41) is 9.76. The number of amides is 1. The van der Waals surface area contributed by atoms with Gasteiger partial charge < -0.3 is 14.8 Å². The number of hydrogen-bond acceptors (Lipinski definition) is 6. The summed E-state index contributed by atoms with van der Waals surface area (Å²) >= 11 is 1.37. The number of aromatic nitrogens is 3. The lowest BCUT2D eigenvalue weighted by atomic mass is 10.1. The number of nitrogens with zero attached hydrogens (tertiary/aromatic N) is 3. The van der Waals surface area contributed by atoms with Gasteiger partial charge in [-0.15, -0.1) is 11.3 Å². The third-order valence-electron chi connectivity index (χ3n) is 4.53. The monoisotopic (exact) mass is 438 g/mol. The van der Waals surface area contributed by atoms with Crippen molar-refractivity contribution in [3.8, 4) is 27.9 Å². The number of methoxy groups -OCH3 is 2. The first-order valence-electron chi connectivity index (χ1n) is 9.31. The van der Waals surface area contributed by atoms with E-state index in [1.54, 1.807) is 41.1 Å². The Morgan fingerprint density at radius 1 is 1.13 bits per heavy atom. The van der Waals surface area contributed by atoms with Gasteiger partial charge in [-0.1, -0.05) is 6.07 Å². The molecule has 0 fully saturated rings. The van der Waals surface area contributed by atoms with Crippen LogP contribution in [0.1, 0.15) is 16.1 Å². The molecule has 31 heavy (non-hydrogen) atoms. The normalized spacial score (nSPS) is 10.7. The van der Waals surface area contributed by atoms with E-state index in [9.17, 15) is 9.18 Å². The van der Waals surface area contributed by atoms with Crippen molar-refractivity contribution in [2.24, 2.45) is 0 Å².